The standard InChI is InChI=1S/C11H18O/c1-9(2)5-4-6-11(7-8-11)10(3)12/h5H,4,6-8H2,1-3H3. The Labute approximate surface area is 74.9 Å². The van der Waals surface area contributed by atoms with E-state index in [0.717, 1.165) is 25.7 Å². The molecule has 1 nitrogen and oxygen atoms in total. The summed E-state index contributed by atoms with van der Waals surface area (Å²) >= 11 is 0. The highest BCUT2D eigenvalue weighted by molar-refractivity contribution is 5.84. The Morgan fingerprint density at radius 3 is 2.25 bits per heavy atom. The van der Waals surface area contributed by atoms with Crippen LogP contribution >= 0.6 is 0 Å². The molecular weight excluding hydrogens is 148 g/mol. The van der Waals surface area contributed by atoms with Crippen molar-refractivity contribution in [2.75, 3.05) is 0 Å². The van der Waals surface area contributed by atoms with Crippen molar-refractivity contribution >= 4 is 5.78 Å². The van der Waals surface area contributed by atoms with E-state index in [1.807, 2.05) is 0 Å². The topological polar surface area (TPSA) is 17.1 Å². The van der Waals surface area contributed by atoms with Crippen LogP contribution in [-0.2, 0) is 4.79 Å². The Bertz CT molecular complexity index is 205. The lowest BCUT2D eigenvalue weighted by Crippen LogP contribution is -2.10. The van der Waals surface area contributed by atoms with Crippen LogP contribution in [0, 0.1) is 5.41 Å². The molecule has 1 aliphatic rings. The van der Waals surface area contributed by atoms with Crippen LogP contribution in [0.1, 0.15) is 46.5 Å². The van der Waals surface area contributed by atoms with Crippen LogP contribution in [0.5, 0.6) is 0 Å². The van der Waals surface area contributed by atoms with Crippen molar-refractivity contribution in [3.05, 3.63) is 11.6 Å². The molecule has 1 fully saturated rings. The Balaban J connectivity index is 2.32. The predicted molar refractivity (Wildman–Crippen MR) is 51.0 cm³/mol. The van der Waals surface area contributed by atoms with Gasteiger partial charge in [0.05, 0.1) is 0 Å². The lowest BCUT2D eigenvalue weighted by atomic mass is 9.95. The second-order valence-corrected chi connectivity index (χ2v) is 4.16. The van der Waals surface area contributed by atoms with E-state index in [9.17, 15) is 4.79 Å². The normalized spacial score (nSPS) is 18.6. The molecule has 1 aliphatic carbocycles. The van der Waals surface area contributed by atoms with Crippen LogP contribution in [0.25, 0.3) is 0 Å². The van der Waals surface area contributed by atoms with Gasteiger partial charge in [0.25, 0.3) is 0 Å². The van der Waals surface area contributed by atoms with Crippen molar-refractivity contribution in [2.45, 2.75) is 46.5 Å². The minimum Gasteiger partial charge on any atom is -0.299 e. The SMILES string of the molecule is CC(=O)C1(CCC=C(C)C)CC1. The molecule has 0 aliphatic heterocycles. The lowest BCUT2D eigenvalue weighted by Gasteiger charge is -2.08. The molecule has 1 saturated carbocycles. The molecule has 0 amide bonds. The number of ketones is 1. The summed E-state index contributed by atoms with van der Waals surface area (Å²) in [6.45, 7) is 5.94. The van der Waals surface area contributed by atoms with Gasteiger partial charge in [-0.15, -0.1) is 0 Å². The number of allylic oxidation sites excluding steroid dienone is 2. The summed E-state index contributed by atoms with van der Waals surface area (Å²) in [5.74, 6) is 0.393. The third-order valence-electron chi connectivity index (χ3n) is 2.78. The molecule has 0 aromatic carbocycles. The Morgan fingerprint density at radius 2 is 1.92 bits per heavy atom. The van der Waals surface area contributed by atoms with Gasteiger partial charge in [0, 0.05) is 5.41 Å². The first kappa shape index (κ1) is 9.50. The molecule has 0 spiro atoms. The maximum atomic E-state index is 11.2. The van der Waals surface area contributed by atoms with Gasteiger partial charge in [-0.05, 0) is 46.5 Å². The van der Waals surface area contributed by atoms with Crippen LogP contribution in [0.4, 0.5) is 0 Å². The monoisotopic (exact) mass is 166 g/mol. The average Bonchev–Trinajstić information content (AvgIpc) is 2.68. The molecule has 12 heavy (non-hydrogen) atoms. The smallest absolute Gasteiger partial charge is 0.135 e. The fourth-order valence-corrected chi connectivity index (χ4v) is 1.57. The van der Waals surface area contributed by atoms with Crippen molar-refractivity contribution in [2.24, 2.45) is 5.41 Å². The minimum absolute atomic E-state index is 0.103. The summed E-state index contributed by atoms with van der Waals surface area (Å²) in [7, 11) is 0. The third kappa shape index (κ3) is 2.20. The van der Waals surface area contributed by atoms with Crippen LogP contribution in [0.15, 0.2) is 11.6 Å². The molecule has 1 heteroatoms. The van der Waals surface area contributed by atoms with Crippen LogP contribution < -0.4 is 0 Å². The van der Waals surface area contributed by atoms with E-state index in [1.54, 1.807) is 6.92 Å². The van der Waals surface area contributed by atoms with Gasteiger partial charge in [-0.3, -0.25) is 4.79 Å². The van der Waals surface area contributed by atoms with Crippen molar-refractivity contribution in [3.8, 4) is 0 Å². The Hall–Kier alpha value is -0.590. The van der Waals surface area contributed by atoms with Crippen molar-refractivity contribution in [3.63, 3.8) is 0 Å². The van der Waals surface area contributed by atoms with Crippen LogP contribution in [0.2, 0.25) is 0 Å². The van der Waals surface area contributed by atoms with Gasteiger partial charge in [0.2, 0.25) is 0 Å². The Morgan fingerprint density at radius 1 is 1.33 bits per heavy atom. The van der Waals surface area contributed by atoms with E-state index in [0.29, 0.717) is 5.78 Å². The maximum Gasteiger partial charge on any atom is 0.135 e. The number of rotatable bonds is 4. The van der Waals surface area contributed by atoms with Gasteiger partial charge in [-0.25, -0.2) is 0 Å². The number of hydrogen-bond donors (Lipinski definition) is 0. The summed E-state index contributed by atoms with van der Waals surface area (Å²) in [6, 6.07) is 0. The molecule has 0 heterocycles. The molecule has 0 bridgehead atoms. The highest BCUT2D eigenvalue weighted by atomic mass is 16.1. The summed E-state index contributed by atoms with van der Waals surface area (Å²) in [6.07, 6.45) is 6.61. The van der Waals surface area contributed by atoms with Gasteiger partial charge in [0.1, 0.15) is 5.78 Å². The molecule has 0 radical (unpaired) electrons. The van der Waals surface area contributed by atoms with E-state index >= 15 is 0 Å². The average molecular weight is 166 g/mol. The van der Waals surface area contributed by atoms with Gasteiger partial charge in [-0.2, -0.15) is 0 Å². The van der Waals surface area contributed by atoms with Crippen molar-refractivity contribution in [1.82, 2.24) is 0 Å². The summed E-state index contributed by atoms with van der Waals surface area (Å²) < 4.78 is 0. The number of carbonyl (C=O) groups is 1. The fraction of sp³-hybridized carbons (Fsp3) is 0.727. The van der Waals surface area contributed by atoms with E-state index in [1.165, 1.54) is 5.57 Å². The second-order valence-electron chi connectivity index (χ2n) is 4.16. The second kappa shape index (κ2) is 3.42. The van der Waals surface area contributed by atoms with E-state index in [4.69, 9.17) is 0 Å². The quantitative estimate of drug-likeness (QED) is 0.586. The van der Waals surface area contributed by atoms with Crippen LogP contribution in [-0.4, -0.2) is 5.78 Å². The zero-order valence-corrected chi connectivity index (χ0v) is 8.31. The predicted octanol–water partition coefficient (Wildman–Crippen LogP) is 3.10. The number of hydrogen-bond acceptors (Lipinski definition) is 1. The molecule has 0 saturated heterocycles. The van der Waals surface area contributed by atoms with Gasteiger partial charge < -0.3 is 0 Å². The number of Topliss-reactive ketones (excluding diaryl/α,β-unsaturated/α-hetero) is 1. The first-order valence-electron chi connectivity index (χ1n) is 4.71. The first-order chi connectivity index (χ1) is 5.57. The van der Waals surface area contributed by atoms with E-state index in [-0.39, 0.29) is 5.41 Å². The van der Waals surface area contributed by atoms with Crippen LogP contribution in [0.3, 0.4) is 0 Å². The highest BCUT2D eigenvalue weighted by Crippen LogP contribution is 2.50. The zero-order valence-electron chi connectivity index (χ0n) is 8.31. The van der Waals surface area contributed by atoms with Gasteiger partial charge in [-0.1, -0.05) is 11.6 Å². The summed E-state index contributed by atoms with van der Waals surface area (Å²) in [5.41, 5.74) is 1.46. The fourth-order valence-electron chi connectivity index (χ4n) is 1.57. The van der Waals surface area contributed by atoms with Gasteiger partial charge in [0.15, 0.2) is 0 Å². The molecule has 0 N–H and O–H groups in total. The first-order valence-corrected chi connectivity index (χ1v) is 4.71. The Kier molecular flexibility index (Phi) is 2.71. The van der Waals surface area contributed by atoms with E-state index < -0.39 is 0 Å². The molecule has 0 atom stereocenters. The van der Waals surface area contributed by atoms with Gasteiger partial charge >= 0.3 is 0 Å². The molecule has 68 valence electrons. The molecule has 0 aromatic rings. The lowest BCUT2D eigenvalue weighted by molar-refractivity contribution is -0.122. The summed E-state index contributed by atoms with van der Waals surface area (Å²) in [4.78, 5) is 11.2. The maximum absolute atomic E-state index is 11.2. The third-order valence-corrected chi connectivity index (χ3v) is 2.78. The highest BCUT2D eigenvalue weighted by Gasteiger charge is 2.45. The molecule has 0 aromatic heterocycles. The zero-order chi connectivity index (χ0) is 9.19. The van der Waals surface area contributed by atoms with E-state index in [2.05, 4.69) is 19.9 Å². The largest absolute Gasteiger partial charge is 0.299 e. The molecular formula is C11H18O. The molecule has 0 unspecified atom stereocenters. The van der Waals surface area contributed by atoms with Crippen molar-refractivity contribution in [1.29, 1.82) is 0 Å². The summed E-state index contributed by atoms with van der Waals surface area (Å²) in [5, 5.41) is 0. The number of carbonyl (C=O) groups excluding carboxylic acids is 1. The van der Waals surface area contributed by atoms with Crippen molar-refractivity contribution < 1.29 is 4.79 Å². The minimum atomic E-state index is 0.103. The molecule has 1 rings (SSSR count).